The van der Waals surface area contributed by atoms with Crippen molar-refractivity contribution in [3.8, 4) is 52.0 Å². The summed E-state index contributed by atoms with van der Waals surface area (Å²) in [7, 11) is 0. The van der Waals surface area contributed by atoms with Gasteiger partial charge in [-0.15, -0.1) is 65.9 Å². The zero-order valence-corrected chi connectivity index (χ0v) is 74.0. The summed E-state index contributed by atoms with van der Waals surface area (Å²) in [6, 6.07) is 35.7. The third-order valence-electron chi connectivity index (χ3n) is 17.9. The minimum absolute atomic E-state index is 0.168. The van der Waals surface area contributed by atoms with E-state index < -0.39 is 66.8 Å². The second-order valence-electron chi connectivity index (χ2n) is 28.2. The molecule has 0 spiro atoms. The fraction of sp³-hybridized carbons (Fsp3) is 0.151. The molecule has 139 heavy (non-hydrogen) atoms. The van der Waals surface area contributed by atoms with Crippen molar-refractivity contribution in [3.63, 3.8) is 0 Å². The lowest BCUT2D eigenvalue weighted by atomic mass is 10.2. The molecule has 18 aromatic rings. The smallest absolute Gasteiger partial charge is 0.406 e. The Hall–Kier alpha value is -15.4. The largest absolute Gasteiger partial charge is 0.573 e. The van der Waals surface area contributed by atoms with Gasteiger partial charge in [0.25, 0.3) is 0 Å². The second-order valence-corrected chi connectivity index (χ2v) is 29.8. The maximum absolute atomic E-state index is 12.7. The van der Waals surface area contributed by atoms with Gasteiger partial charge in [-0.1, -0.05) is 64.1 Å². The third-order valence-corrected chi connectivity index (χ3v) is 18.6. The van der Waals surface area contributed by atoms with Gasteiger partial charge in [0.1, 0.15) is 78.5 Å². The number of halogens is 25. The molecule has 5 N–H and O–H groups in total. The summed E-state index contributed by atoms with van der Waals surface area (Å²) >= 11 is 22.4. The Morgan fingerprint density at radius 2 is 0.583 bits per heavy atom. The molecule has 0 aliphatic carbocycles. The molecule has 0 radical (unpaired) electrons. The zero-order valence-electron chi connectivity index (χ0n) is 70.9. The Morgan fingerprint density at radius 1 is 0.288 bits per heavy atom. The van der Waals surface area contributed by atoms with Crippen LogP contribution >= 0.6 is 46.4 Å². The number of nitrogen functional groups attached to an aromatic ring is 1. The number of anilines is 5. The topological polar surface area (TPSA) is 325 Å². The zero-order chi connectivity index (χ0) is 101. The molecule has 0 amide bonds. The van der Waals surface area contributed by atoms with E-state index in [1.807, 2.05) is 31.2 Å². The van der Waals surface area contributed by atoms with Crippen LogP contribution in [0, 0.1) is 41.5 Å². The number of hydrogen-bond acceptors (Lipinski definition) is 23. The molecule has 0 aliphatic heterocycles. The molecule has 0 aliphatic rings. The van der Waals surface area contributed by atoms with Crippen molar-refractivity contribution in [2.75, 3.05) is 16.4 Å². The van der Waals surface area contributed by atoms with Gasteiger partial charge in [0, 0.05) is 47.4 Å². The number of ether oxygens (including phenoxy) is 5. The highest BCUT2D eigenvalue weighted by Gasteiger charge is 2.37. The number of nitrogens with two attached hydrogens (primary N) is 1. The van der Waals surface area contributed by atoms with Crippen molar-refractivity contribution in [1.82, 2.24) is 98.0 Å². The van der Waals surface area contributed by atoms with Crippen LogP contribution in [0.15, 0.2) is 226 Å². The lowest BCUT2D eigenvalue weighted by Gasteiger charge is -2.11. The van der Waals surface area contributed by atoms with Crippen LogP contribution < -0.4 is 40.1 Å². The summed E-state index contributed by atoms with van der Waals surface area (Å²) < 4.78 is 287. The Kier molecular flexibility index (Phi) is 31.3. The number of aromatic nitrogens is 20. The number of hydrogen-bond donors (Lipinski definition) is 4. The first-order chi connectivity index (χ1) is 65.2. The number of benzene rings is 8. The van der Waals surface area contributed by atoms with Crippen LogP contribution in [0.25, 0.3) is 78.4 Å². The van der Waals surface area contributed by atoms with Crippen LogP contribution in [0.4, 0.5) is 121 Å². The normalized spacial score (nSPS) is 11.7. The number of alkyl halides is 21. The molecule has 53 heteroatoms. The molecular formula is C86H60Cl4F21N23O5. The maximum Gasteiger partial charge on any atom is 0.573 e. The molecule has 18 rings (SSSR count). The first kappa shape index (κ1) is 103. The molecular weight excluding hydrogens is 1980 g/mol. The number of nitrogens with zero attached hydrogens (tertiary/aromatic N) is 19. The van der Waals surface area contributed by atoms with E-state index in [1.165, 1.54) is 169 Å². The van der Waals surface area contributed by atoms with E-state index in [9.17, 15) is 92.2 Å². The van der Waals surface area contributed by atoms with Crippen LogP contribution in [0.3, 0.4) is 0 Å². The van der Waals surface area contributed by atoms with Gasteiger partial charge in [0.2, 0.25) is 0 Å². The van der Waals surface area contributed by atoms with Crippen molar-refractivity contribution >= 4 is 130 Å². The predicted octanol–water partition coefficient (Wildman–Crippen LogP) is 25.1. The number of H-pyrrole nitrogens is 1. The minimum Gasteiger partial charge on any atom is -0.406 e. The van der Waals surface area contributed by atoms with Gasteiger partial charge in [0.05, 0.1) is 128 Å². The number of rotatable bonds is 13. The highest BCUT2D eigenvalue weighted by atomic mass is 35.5. The Labute approximate surface area is 786 Å². The lowest BCUT2D eigenvalue weighted by Crippen LogP contribution is -2.17. The molecule has 0 atom stereocenters. The van der Waals surface area contributed by atoms with Crippen molar-refractivity contribution in [2.24, 2.45) is 0 Å². The van der Waals surface area contributed by atoms with Gasteiger partial charge in [-0.2, -0.15) is 26.3 Å². The average molecular weight is 2040 g/mol. The van der Waals surface area contributed by atoms with E-state index in [-0.39, 0.29) is 50.5 Å². The van der Waals surface area contributed by atoms with E-state index in [0.717, 1.165) is 48.2 Å². The van der Waals surface area contributed by atoms with Gasteiger partial charge in [-0.05, 0) is 163 Å². The van der Waals surface area contributed by atoms with E-state index in [0.29, 0.717) is 118 Å². The standard InChI is InChI=1S/2C20H13F6N5O.2C13H8ClF3N4O.C9H7F3N2O.C7H9N.C4H2Cl2N2/c1-11-28-15-8-14(32-20(24,25)26)6-7-16(15)31(11)18-10-27-9-17(30-18)29-13-4-2-12(3-5-13)19(21,22)23;1-11-28-15-7-6-14(32-20(24,25)26)8-16(15)31(11)18-10-27-9-17(30-18)29-13-4-2-12(3-5-13)19(21,22)23;1-7-19-9-4-8(22-13(15,16)17)2-3-10(9)21(7)12-6-18-5-11(14)20-12;1-7-19-9-3-2-8(22-13(15,16)17)4-10(9)21(7)12-6-18-5-11(14)20-12;1-5-13-7-3-2-6(4-8(7)14-5)15-9(10,11)12;1-6-2-4-7(8)5-3-6;5-3-1-7-2-4(6)8-3/h2*2-10H,1H3,(H,29,30);2*2-6H,1H3;2-4H,1H3,(H,13,14);2-5H,8H2,1H3;1-2H. The molecule has 0 fully saturated rings. The summed E-state index contributed by atoms with van der Waals surface area (Å²) in [5, 5.41) is 6.72. The third kappa shape index (κ3) is 29.3. The fourth-order valence-corrected chi connectivity index (χ4v) is 13.2. The van der Waals surface area contributed by atoms with E-state index >= 15 is 0 Å². The van der Waals surface area contributed by atoms with Gasteiger partial charge in [0.15, 0.2) is 34.9 Å². The monoisotopic (exact) mass is 2030 g/mol. The molecule has 10 heterocycles. The van der Waals surface area contributed by atoms with Crippen LogP contribution in [0.5, 0.6) is 28.7 Å². The Morgan fingerprint density at radius 3 is 0.906 bits per heavy atom. The average Bonchev–Trinajstić information content (AvgIpc) is 1.65. The summed E-state index contributed by atoms with van der Waals surface area (Å²) in [5.41, 5.74) is 11.1. The number of aromatic amines is 1. The number of imidazole rings is 5. The molecule has 0 bridgehead atoms. The fourth-order valence-electron chi connectivity index (χ4n) is 12.6. The van der Waals surface area contributed by atoms with Crippen LogP contribution in [-0.4, -0.2) is 130 Å². The second kappa shape index (κ2) is 42.5. The van der Waals surface area contributed by atoms with Gasteiger partial charge >= 0.3 is 44.2 Å². The minimum atomic E-state index is -4.85. The first-order valence-electron chi connectivity index (χ1n) is 38.8. The molecule has 28 nitrogen and oxygen atoms in total. The molecule has 8 aromatic carbocycles. The van der Waals surface area contributed by atoms with Crippen molar-refractivity contribution in [3.05, 3.63) is 292 Å². The van der Waals surface area contributed by atoms with Crippen LogP contribution in [0.1, 0.15) is 45.8 Å². The Bertz CT molecular complexity index is 7290. The summed E-state index contributed by atoms with van der Waals surface area (Å²) in [6.45, 7) is 10.5. The molecule has 0 saturated heterocycles. The SMILES string of the molecule is Cc1ccc(N)cc1.Cc1nc2cc(OC(F)(F)F)ccc2n1-c1cncc(Cl)n1.Cc1nc2cc(OC(F)(F)F)ccc2n1-c1cncc(Nc2ccc(C(F)(F)F)cc2)n1.Cc1nc2ccc(OC(F)(F)F)cc2[nH]1.Cc1nc2ccc(OC(F)(F)F)cc2n1-c1cncc(Cl)n1.Cc1nc2ccc(OC(F)(F)F)cc2n1-c1cncc(Nc2ccc(C(F)(F)F)cc2)n1.Clc1cncc(Cl)n1. The molecule has 724 valence electrons. The molecule has 0 unspecified atom stereocenters. The maximum atomic E-state index is 12.7. The van der Waals surface area contributed by atoms with Crippen LogP contribution in [-0.2, 0) is 12.4 Å². The number of nitrogens with one attached hydrogen (secondary N) is 3. The van der Waals surface area contributed by atoms with Crippen molar-refractivity contribution in [1.29, 1.82) is 0 Å². The number of fused-ring (bicyclic) bond motifs is 5. The quantitative estimate of drug-likeness (QED) is 0.0615. The van der Waals surface area contributed by atoms with Crippen molar-refractivity contribution in [2.45, 2.75) is 85.7 Å². The first-order valence-corrected chi connectivity index (χ1v) is 40.3. The van der Waals surface area contributed by atoms with Gasteiger partial charge < -0.3 is 45.0 Å². The molecule has 10 aromatic heterocycles. The van der Waals surface area contributed by atoms with Crippen LogP contribution in [0.2, 0.25) is 20.6 Å². The lowest BCUT2D eigenvalue weighted by molar-refractivity contribution is -0.275. The predicted molar refractivity (Wildman–Crippen MR) is 467 cm³/mol. The highest BCUT2D eigenvalue weighted by Crippen LogP contribution is 2.38. The van der Waals surface area contributed by atoms with E-state index in [1.54, 1.807) is 48.3 Å². The van der Waals surface area contributed by atoms with Crippen molar-refractivity contribution < 1.29 is 116 Å². The van der Waals surface area contributed by atoms with E-state index in [2.05, 4.69) is 114 Å². The highest BCUT2D eigenvalue weighted by molar-refractivity contribution is 6.32. The summed E-state index contributed by atoms with van der Waals surface area (Å²) in [5.74, 6) is 2.65. The Balaban J connectivity index is 0.000000152. The summed E-state index contributed by atoms with van der Waals surface area (Å²) in [4.78, 5) is 64.2. The summed E-state index contributed by atoms with van der Waals surface area (Å²) in [6.07, 6.45) is -18.7. The van der Waals surface area contributed by atoms with Gasteiger partial charge in [-0.25, -0.2) is 49.8 Å². The van der Waals surface area contributed by atoms with E-state index in [4.69, 9.17) is 52.1 Å². The number of aryl methyl sites for hydroxylation is 6. The van der Waals surface area contributed by atoms with Gasteiger partial charge in [-0.3, -0.25) is 43.2 Å². The molecule has 0 saturated carbocycles.